The van der Waals surface area contributed by atoms with Crippen molar-refractivity contribution in [1.29, 1.82) is 0 Å². The van der Waals surface area contributed by atoms with E-state index in [1.54, 1.807) is 51.1 Å². The van der Waals surface area contributed by atoms with E-state index in [0.29, 0.717) is 10.8 Å². The summed E-state index contributed by atoms with van der Waals surface area (Å²) in [7, 11) is 1.35. The van der Waals surface area contributed by atoms with Gasteiger partial charge in [0.05, 0.1) is 36.2 Å². The van der Waals surface area contributed by atoms with E-state index in [9.17, 15) is 24.6 Å². The Morgan fingerprint density at radius 1 is 0.941 bits per heavy atom. The van der Waals surface area contributed by atoms with Crippen LogP contribution in [0.3, 0.4) is 0 Å². The summed E-state index contributed by atoms with van der Waals surface area (Å²) in [4.78, 5) is 37.5. The summed E-state index contributed by atoms with van der Waals surface area (Å²) in [6, 6.07) is 13.0. The molecule has 0 aliphatic carbocycles. The third-order valence-electron chi connectivity index (χ3n) is 4.87. The first-order valence-corrected chi connectivity index (χ1v) is 10.4. The molecule has 3 aromatic carbocycles. The number of aliphatic hydroxyl groups excluding tert-OH is 1. The van der Waals surface area contributed by atoms with Crippen molar-refractivity contribution in [2.75, 3.05) is 17.7 Å². The van der Waals surface area contributed by atoms with Gasteiger partial charge < -0.3 is 25.0 Å². The number of carbonyl (C=O) groups is 3. The summed E-state index contributed by atoms with van der Waals surface area (Å²) in [5, 5.41) is 25.7. The van der Waals surface area contributed by atoms with Crippen LogP contribution in [0.2, 0.25) is 0 Å². The number of hydrogen-bond donors (Lipinski definition) is 4. The van der Waals surface area contributed by atoms with E-state index in [4.69, 9.17) is 9.47 Å². The fourth-order valence-electron chi connectivity index (χ4n) is 3.48. The highest BCUT2D eigenvalue weighted by molar-refractivity contribution is 6.15. The lowest BCUT2D eigenvalue weighted by molar-refractivity contribution is 0.0633. The van der Waals surface area contributed by atoms with E-state index in [-0.39, 0.29) is 33.8 Å². The highest BCUT2D eigenvalue weighted by Crippen LogP contribution is 2.38. The number of ether oxygens (including phenoxy) is 2. The number of anilines is 2. The average Bonchev–Trinajstić information content (AvgIpc) is 2.77. The Balaban J connectivity index is 2.13. The van der Waals surface area contributed by atoms with Gasteiger partial charge in [-0.25, -0.2) is 9.59 Å². The summed E-state index contributed by atoms with van der Waals surface area (Å²) in [6.07, 6.45) is -0.729. The molecule has 3 rings (SSSR count). The molecular weight excluding hydrogens is 440 g/mol. The largest absolute Gasteiger partial charge is 0.494 e. The first-order valence-electron chi connectivity index (χ1n) is 10.4. The SMILES string of the molecule is COc1c(C(=O)Nc2c(CO)cccc2C(=O)O)cc2ccccc2c1NC(=O)OC(C)(C)C. The van der Waals surface area contributed by atoms with Crippen molar-refractivity contribution in [2.45, 2.75) is 33.0 Å². The number of amides is 2. The lowest BCUT2D eigenvalue weighted by atomic mass is 10.0. The smallest absolute Gasteiger partial charge is 0.412 e. The minimum atomic E-state index is -1.26. The molecule has 0 fully saturated rings. The van der Waals surface area contributed by atoms with Crippen LogP contribution in [0.4, 0.5) is 16.2 Å². The Labute approximate surface area is 196 Å². The van der Waals surface area contributed by atoms with Gasteiger partial charge in [-0.05, 0) is 38.3 Å². The van der Waals surface area contributed by atoms with Crippen LogP contribution in [-0.4, -0.2) is 40.9 Å². The van der Waals surface area contributed by atoms with E-state index in [0.717, 1.165) is 0 Å². The number of carbonyl (C=O) groups excluding carboxylic acids is 2. The molecule has 178 valence electrons. The Kier molecular flexibility index (Phi) is 7.07. The van der Waals surface area contributed by atoms with Gasteiger partial charge in [-0.1, -0.05) is 36.4 Å². The molecule has 9 heteroatoms. The van der Waals surface area contributed by atoms with Crippen LogP contribution in [0.15, 0.2) is 48.5 Å². The number of methoxy groups -OCH3 is 1. The average molecular weight is 466 g/mol. The Morgan fingerprint density at radius 3 is 2.26 bits per heavy atom. The molecule has 0 aliphatic rings. The maximum atomic E-state index is 13.3. The molecule has 0 atom stereocenters. The zero-order chi connectivity index (χ0) is 25.0. The summed E-state index contributed by atoms with van der Waals surface area (Å²) < 4.78 is 10.9. The molecule has 0 aromatic heterocycles. The van der Waals surface area contributed by atoms with Crippen molar-refractivity contribution in [1.82, 2.24) is 0 Å². The van der Waals surface area contributed by atoms with E-state index in [1.165, 1.54) is 25.3 Å². The predicted octanol–water partition coefficient (Wildman–Crippen LogP) is 4.64. The first-order chi connectivity index (χ1) is 16.1. The number of para-hydroxylation sites is 1. The van der Waals surface area contributed by atoms with Gasteiger partial charge in [0.2, 0.25) is 0 Å². The Bertz CT molecular complexity index is 1260. The van der Waals surface area contributed by atoms with Gasteiger partial charge in [0, 0.05) is 10.9 Å². The topological polar surface area (TPSA) is 134 Å². The maximum absolute atomic E-state index is 13.3. The summed E-state index contributed by atoms with van der Waals surface area (Å²) in [5.74, 6) is -1.87. The molecule has 0 saturated heterocycles. The number of aliphatic hydroxyl groups is 1. The van der Waals surface area contributed by atoms with Crippen molar-refractivity contribution < 1.29 is 34.1 Å². The molecule has 9 nitrogen and oxygen atoms in total. The van der Waals surface area contributed by atoms with Crippen LogP contribution < -0.4 is 15.4 Å². The number of hydrogen-bond acceptors (Lipinski definition) is 6. The fourth-order valence-corrected chi connectivity index (χ4v) is 3.48. The standard InChI is InChI=1S/C25H26N2O7/c1-25(2,3)34-24(32)27-20-16-10-6-5-8-14(16)12-18(21(20)33-4)22(29)26-19-15(13-28)9-7-11-17(19)23(30)31/h5-12,28H,13H2,1-4H3,(H,26,29)(H,27,32)(H,30,31). The molecule has 0 spiro atoms. The molecule has 0 heterocycles. The van der Waals surface area contributed by atoms with Crippen LogP contribution in [-0.2, 0) is 11.3 Å². The van der Waals surface area contributed by atoms with Crippen LogP contribution in [0.25, 0.3) is 10.8 Å². The molecule has 3 aromatic rings. The second-order valence-corrected chi connectivity index (χ2v) is 8.44. The fraction of sp³-hybridized carbons (Fsp3) is 0.240. The predicted molar refractivity (Wildman–Crippen MR) is 128 cm³/mol. The van der Waals surface area contributed by atoms with Crippen molar-refractivity contribution in [3.8, 4) is 5.75 Å². The lowest BCUT2D eigenvalue weighted by Gasteiger charge is -2.22. The van der Waals surface area contributed by atoms with Crippen LogP contribution in [0.1, 0.15) is 47.1 Å². The first kappa shape index (κ1) is 24.5. The summed E-state index contributed by atoms with van der Waals surface area (Å²) in [5.41, 5.74) is -0.431. The van der Waals surface area contributed by atoms with Gasteiger partial charge in [0.1, 0.15) is 5.60 Å². The number of aromatic carboxylic acids is 1. The number of benzene rings is 3. The molecule has 0 saturated carbocycles. The number of nitrogens with one attached hydrogen (secondary N) is 2. The lowest BCUT2D eigenvalue weighted by Crippen LogP contribution is -2.27. The normalized spacial score (nSPS) is 11.1. The van der Waals surface area contributed by atoms with E-state index >= 15 is 0 Å². The zero-order valence-electron chi connectivity index (χ0n) is 19.3. The van der Waals surface area contributed by atoms with Gasteiger partial charge >= 0.3 is 12.1 Å². The number of fused-ring (bicyclic) bond motifs is 1. The number of carboxylic acids is 1. The van der Waals surface area contributed by atoms with Crippen molar-refractivity contribution in [3.05, 3.63) is 65.2 Å². The Hall–Kier alpha value is -4.11. The second-order valence-electron chi connectivity index (χ2n) is 8.44. The molecule has 34 heavy (non-hydrogen) atoms. The van der Waals surface area contributed by atoms with Gasteiger partial charge in [0.25, 0.3) is 5.91 Å². The number of rotatable bonds is 6. The maximum Gasteiger partial charge on any atom is 0.412 e. The van der Waals surface area contributed by atoms with Crippen LogP contribution in [0.5, 0.6) is 5.75 Å². The van der Waals surface area contributed by atoms with Gasteiger partial charge in [-0.3, -0.25) is 10.1 Å². The highest BCUT2D eigenvalue weighted by atomic mass is 16.6. The molecule has 0 radical (unpaired) electrons. The Morgan fingerprint density at radius 2 is 1.65 bits per heavy atom. The molecule has 0 unspecified atom stereocenters. The second kappa shape index (κ2) is 9.80. The van der Waals surface area contributed by atoms with E-state index < -0.39 is 30.2 Å². The summed E-state index contributed by atoms with van der Waals surface area (Å²) >= 11 is 0. The third kappa shape index (κ3) is 5.26. The molecular formula is C25H26N2O7. The van der Waals surface area contributed by atoms with Gasteiger partial charge in [-0.2, -0.15) is 0 Å². The molecule has 4 N–H and O–H groups in total. The molecule has 2 amide bonds. The molecule has 0 bridgehead atoms. The highest BCUT2D eigenvalue weighted by Gasteiger charge is 2.25. The third-order valence-corrected chi connectivity index (χ3v) is 4.87. The zero-order valence-corrected chi connectivity index (χ0v) is 19.3. The molecule has 0 aliphatic heterocycles. The van der Waals surface area contributed by atoms with E-state index in [2.05, 4.69) is 10.6 Å². The van der Waals surface area contributed by atoms with E-state index in [1.807, 2.05) is 0 Å². The minimum Gasteiger partial charge on any atom is -0.494 e. The monoisotopic (exact) mass is 466 g/mol. The van der Waals surface area contributed by atoms with Crippen molar-refractivity contribution in [3.63, 3.8) is 0 Å². The summed E-state index contributed by atoms with van der Waals surface area (Å²) in [6.45, 7) is 4.70. The van der Waals surface area contributed by atoms with Crippen LogP contribution in [0, 0.1) is 0 Å². The van der Waals surface area contributed by atoms with Crippen molar-refractivity contribution in [2.24, 2.45) is 0 Å². The van der Waals surface area contributed by atoms with Gasteiger partial charge in [-0.15, -0.1) is 0 Å². The number of carboxylic acid groups (broad SMARTS) is 1. The van der Waals surface area contributed by atoms with Gasteiger partial charge in [0.15, 0.2) is 5.75 Å². The van der Waals surface area contributed by atoms with Crippen molar-refractivity contribution >= 4 is 40.1 Å². The quantitative estimate of drug-likeness (QED) is 0.416. The minimum absolute atomic E-state index is 0.0284. The van der Waals surface area contributed by atoms with Crippen LogP contribution >= 0.6 is 0 Å².